The van der Waals surface area contributed by atoms with Crippen LogP contribution in [0.5, 0.6) is 0 Å². The minimum absolute atomic E-state index is 0.0247. The van der Waals surface area contributed by atoms with Gasteiger partial charge >= 0.3 is 0 Å². The SMILES string of the molecule is Cc1cc(NC(C)(C)C)nc(NC(C)c2ccccc2)n1. The molecule has 112 valence electrons. The fourth-order valence-corrected chi connectivity index (χ4v) is 2.10. The minimum atomic E-state index is -0.0247. The van der Waals surface area contributed by atoms with Gasteiger partial charge in [-0.3, -0.25) is 0 Å². The molecular weight excluding hydrogens is 260 g/mol. The molecule has 0 fully saturated rings. The first kappa shape index (κ1) is 15.3. The van der Waals surface area contributed by atoms with E-state index in [2.05, 4.69) is 60.4 Å². The molecule has 4 nitrogen and oxygen atoms in total. The van der Waals surface area contributed by atoms with Crippen LogP contribution in [0, 0.1) is 6.92 Å². The second kappa shape index (κ2) is 6.12. The van der Waals surface area contributed by atoms with Gasteiger partial charge in [0.05, 0.1) is 6.04 Å². The van der Waals surface area contributed by atoms with Gasteiger partial charge < -0.3 is 10.6 Å². The number of aromatic nitrogens is 2. The lowest BCUT2D eigenvalue weighted by Gasteiger charge is -2.22. The van der Waals surface area contributed by atoms with Gasteiger partial charge in [0.2, 0.25) is 5.95 Å². The Bertz CT molecular complexity index is 587. The number of rotatable bonds is 4. The van der Waals surface area contributed by atoms with Crippen LogP contribution in [0.2, 0.25) is 0 Å². The lowest BCUT2D eigenvalue weighted by Crippen LogP contribution is -2.27. The van der Waals surface area contributed by atoms with Crippen molar-refractivity contribution in [2.24, 2.45) is 0 Å². The average Bonchev–Trinajstić information content (AvgIpc) is 2.36. The molecule has 1 heterocycles. The molecule has 0 bridgehead atoms. The molecule has 21 heavy (non-hydrogen) atoms. The van der Waals surface area contributed by atoms with E-state index in [-0.39, 0.29) is 11.6 Å². The minimum Gasteiger partial charge on any atom is -0.365 e. The van der Waals surface area contributed by atoms with E-state index in [1.165, 1.54) is 5.56 Å². The Morgan fingerprint density at radius 3 is 2.33 bits per heavy atom. The number of anilines is 2. The van der Waals surface area contributed by atoms with Crippen LogP contribution >= 0.6 is 0 Å². The van der Waals surface area contributed by atoms with Crippen LogP contribution in [-0.2, 0) is 0 Å². The zero-order valence-corrected chi connectivity index (χ0v) is 13.4. The fourth-order valence-electron chi connectivity index (χ4n) is 2.10. The van der Waals surface area contributed by atoms with Gasteiger partial charge in [0.15, 0.2) is 0 Å². The van der Waals surface area contributed by atoms with Gasteiger partial charge in [-0.1, -0.05) is 30.3 Å². The first-order valence-electron chi connectivity index (χ1n) is 7.29. The van der Waals surface area contributed by atoms with Crippen molar-refractivity contribution in [1.82, 2.24) is 9.97 Å². The summed E-state index contributed by atoms with van der Waals surface area (Å²) in [5.74, 6) is 1.50. The third kappa shape index (κ3) is 4.74. The fraction of sp³-hybridized carbons (Fsp3) is 0.412. The molecule has 2 rings (SSSR count). The Morgan fingerprint density at radius 1 is 1.05 bits per heavy atom. The van der Waals surface area contributed by atoms with Crippen LogP contribution in [0.4, 0.5) is 11.8 Å². The first-order chi connectivity index (χ1) is 9.83. The maximum Gasteiger partial charge on any atom is 0.225 e. The third-order valence-corrected chi connectivity index (χ3v) is 3.00. The molecule has 2 N–H and O–H groups in total. The van der Waals surface area contributed by atoms with Gasteiger partial charge in [0.25, 0.3) is 0 Å². The normalized spacial score (nSPS) is 12.8. The Labute approximate surface area is 127 Å². The number of benzene rings is 1. The van der Waals surface area contributed by atoms with Crippen molar-refractivity contribution in [2.75, 3.05) is 10.6 Å². The molecule has 1 atom stereocenters. The van der Waals surface area contributed by atoms with Crippen molar-refractivity contribution in [3.8, 4) is 0 Å². The van der Waals surface area contributed by atoms with E-state index in [0.717, 1.165) is 11.5 Å². The van der Waals surface area contributed by atoms with E-state index in [9.17, 15) is 0 Å². The number of nitrogens with one attached hydrogen (secondary N) is 2. The number of aryl methyl sites for hydroxylation is 1. The van der Waals surface area contributed by atoms with Crippen LogP contribution in [0.15, 0.2) is 36.4 Å². The molecule has 0 radical (unpaired) electrons. The van der Waals surface area contributed by atoms with E-state index in [4.69, 9.17) is 0 Å². The Morgan fingerprint density at radius 2 is 1.71 bits per heavy atom. The first-order valence-corrected chi connectivity index (χ1v) is 7.29. The van der Waals surface area contributed by atoms with E-state index in [1.807, 2.05) is 31.2 Å². The second-order valence-electron chi connectivity index (χ2n) is 6.37. The van der Waals surface area contributed by atoms with Crippen molar-refractivity contribution in [2.45, 2.75) is 46.2 Å². The lowest BCUT2D eigenvalue weighted by molar-refractivity contribution is 0.630. The monoisotopic (exact) mass is 284 g/mol. The number of nitrogens with zero attached hydrogens (tertiary/aromatic N) is 2. The standard InChI is InChI=1S/C17H24N4/c1-12-11-15(21-17(3,4)5)20-16(18-12)19-13(2)14-9-7-6-8-10-14/h6-11,13H,1-5H3,(H2,18,19,20,21). The topological polar surface area (TPSA) is 49.8 Å². The van der Waals surface area contributed by atoms with Gasteiger partial charge in [-0.2, -0.15) is 4.98 Å². The highest BCUT2D eigenvalue weighted by molar-refractivity contribution is 5.44. The van der Waals surface area contributed by atoms with Crippen LogP contribution in [0.25, 0.3) is 0 Å². The van der Waals surface area contributed by atoms with Gasteiger partial charge in [0, 0.05) is 17.3 Å². The summed E-state index contributed by atoms with van der Waals surface area (Å²) in [5, 5.41) is 6.75. The third-order valence-electron chi connectivity index (χ3n) is 3.00. The molecule has 2 aromatic rings. The highest BCUT2D eigenvalue weighted by Gasteiger charge is 2.13. The quantitative estimate of drug-likeness (QED) is 0.884. The molecule has 0 saturated heterocycles. The van der Waals surface area contributed by atoms with Crippen LogP contribution in [0.3, 0.4) is 0 Å². The van der Waals surface area contributed by atoms with E-state index < -0.39 is 0 Å². The van der Waals surface area contributed by atoms with Crippen LogP contribution in [-0.4, -0.2) is 15.5 Å². The molecule has 0 amide bonds. The highest BCUT2D eigenvalue weighted by atomic mass is 15.2. The number of hydrogen-bond donors (Lipinski definition) is 2. The van der Waals surface area contributed by atoms with Crippen molar-refractivity contribution < 1.29 is 0 Å². The van der Waals surface area contributed by atoms with Crippen LogP contribution in [0.1, 0.15) is 45.0 Å². The Kier molecular flexibility index (Phi) is 4.46. The summed E-state index contributed by atoms with van der Waals surface area (Å²) < 4.78 is 0. The van der Waals surface area contributed by atoms with E-state index in [1.54, 1.807) is 0 Å². The van der Waals surface area contributed by atoms with Crippen molar-refractivity contribution in [3.63, 3.8) is 0 Å². The summed E-state index contributed by atoms with van der Waals surface area (Å²) in [4.78, 5) is 9.02. The molecule has 1 aromatic carbocycles. The van der Waals surface area contributed by atoms with Crippen molar-refractivity contribution in [3.05, 3.63) is 47.7 Å². The van der Waals surface area contributed by atoms with Gasteiger partial charge in [-0.25, -0.2) is 4.98 Å². The van der Waals surface area contributed by atoms with Gasteiger partial charge in [-0.15, -0.1) is 0 Å². The molecule has 1 aromatic heterocycles. The summed E-state index contributed by atoms with van der Waals surface area (Å²) in [5.41, 5.74) is 2.13. The van der Waals surface area contributed by atoms with Crippen molar-refractivity contribution >= 4 is 11.8 Å². The van der Waals surface area contributed by atoms with Gasteiger partial charge in [-0.05, 0) is 40.2 Å². The predicted molar refractivity (Wildman–Crippen MR) is 88.6 cm³/mol. The molecule has 0 aliphatic rings. The van der Waals surface area contributed by atoms with Crippen molar-refractivity contribution in [1.29, 1.82) is 0 Å². The zero-order chi connectivity index (χ0) is 15.5. The molecule has 1 unspecified atom stereocenters. The largest absolute Gasteiger partial charge is 0.365 e. The molecule has 0 aliphatic heterocycles. The molecular formula is C17H24N4. The summed E-state index contributed by atoms with van der Waals surface area (Å²) in [7, 11) is 0. The second-order valence-corrected chi connectivity index (χ2v) is 6.37. The molecule has 0 spiro atoms. The molecule has 0 saturated carbocycles. The maximum absolute atomic E-state index is 4.55. The summed E-state index contributed by atoms with van der Waals surface area (Å²) >= 11 is 0. The van der Waals surface area contributed by atoms with Gasteiger partial charge in [0.1, 0.15) is 5.82 Å². The highest BCUT2D eigenvalue weighted by Crippen LogP contribution is 2.19. The summed E-state index contributed by atoms with van der Waals surface area (Å²) in [6.07, 6.45) is 0. The maximum atomic E-state index is 4.55. The molecule has 4 heteroatoms. The summed E-state index contributed by atoms with van der Waals surface area (Å²) in [6.45, 7) is 10.4. The molecule has 0 aliphatic carbocycles. The number of hydrogen-bond acceptors (Lipinski definition) is 4. The lowest BCUT2D eigenvalue weighted by atomic mass is 10.1. The Balaban J connectivity index is 2.16. The van der Waals surface area contributed by atoms with Crippen LogP contribution < -0.4 is 10.6 Å². The smallest absolute Gasteiger partial charge is 0.225 e. The average molecular weight is 284 g/mol. The predicted octanol–water partition coefficient (Wildman–Crippen LogP) is 4.17. The van der Waals surface area contributed by atoms with E-state index >= 15 is 0 Å². The zero-order valence-electron chi connectivity index (χ0n) is 13.4. The van der Waals surface area contributed by atoms with E-state index in [0.29, 0.717) is 5.95 Å². The Hall–Kier alpha value is -2.10. The summed E-state index contributed by atoms with van der Waals surface area (Å²) in [6, 6.07) is 12.4.